The molecule has 2 aliphatic heterocycles. The SMILES string of the molecule is NCC1CSCC(=O)N1CC1CCCO1. The van der Waals surface area contributed by atoms with Crippen LogP contribution in [0.5, 0.6) is 0 Å². The molecule has 2 atom stereocenters. The molecule has 2 N–H and O–H groups in total. The molecule has 0 saturated carbocycles. The Morgan fingerprint density at radius 3 is 3.13 bits per heavy atom. The van der Waals surface area contributed by atoms with E-state index in [1.807, 2.05) is 4.90 Å². The van der Waals surface area contributed by atoms with Crippen molar-refractivity contribution in [2.24, 2.45) is 5.73 Å². The molecule has 2 unspecified atom stereocenters. The Morgan fingerprint density at radius 2 is 2.47 bits per heavy atom. The van der Waals surface area contributed by atoms with Crippen molar-refractivity contribution in [1.82, 2.24) is 4.90 Å². The van der Waals surface area contributed by atoms with Crippen LogP contribution >= 0.6 is 11.8 Å². The summed E-state index contributed by atoms with van der Waals surface area (Å²) in [6.45, 7) is 2.14. The first kappa shape index (κ1) is 11.2. The Kier molecular flexibility index (Phi) is 3.88. The minimum atomic E-state index is 0.209. The number of hydrogen-bond donors (Lipinski definition) is 1. The number of rotatable bonds is 3. The van der Waals surface area contributed by atoms with Crippen LogP contribution in [0.4, 0.5) is 0 Å². The minimum Gasteiger partial charge on any atom is -0.376 e. The molecule has 0 aromatic carbocycles. The van der Waals surface area contributed by atoms with Crippen molar-refractivity contribution in [2.75, 3.05) is 31.2 Å². The number of carbonyl (C=O) groups is 1. The van der Waals surface area contributed by atoms with Crippen LogP contribution in [0.1, 0.15) is 12.8 Å². The summed E-state index contributed by atoms with van der Waals surface area (Å²) in [5.74, 6) is 1.79. The lowest BCUT2D eigenvalue weighted by Gasteiger charge is -2.36. The third-order valence-corrected chi connectivity index (χ3v) is 4.06. The predicted molar refractivity (Wildman–Crippen MR) is 60.9 cm³/mol. The molecule has 0 bridgehead atoms. The number of thioether (sulfide) groups is 1. The molecule has 15 heavy (non-hydrogen) atoms. The standard InChI is InChI=1S/C10H18N2O2S/c11-4-8-6-15-7-10(13)12(8)5-9-2-1-3-14-9/h8-9H,1-7,11H2. The summed E-state index contributed by atoms with van der Waals surface area (Å²) in [5.41, 5.74) is 5.68. The van der Waals surface area contributed by atoms with E-state index in [1.165, 1.54) is 0 Å². The Labute approximate surface area is 94.5 Å². The molecule has 5 heteroatoms. The van der Waals surface area contributed by atoms with Gasteiger partial charge in [0.15, 0.2) is 0 Å². The van der Waals surface area contributed by atoms with Crippen molar-refractivity contribution in [3.05, 3.63) is 0 Å². The first-order chi connectivity index (χ1) is 7.31. The highest BCUT2D eigenvalue weighted by atomic mass is 32.2. The number of ether oxygens (including phenoxy) is 1. The van der Waals surface area contributed by atoms with Gasteiger partial charge in [0.2, 0.25) is 5.91 Å². The van der Waals surface area contributed by atoms with Crippen LogP contribution in [0.3, 0.4) is 0 Å². The summed E-state index contributed by atoms with van der Waals surface area (Å²) in [7, 11) is 0. The van der Waals surface area contributed by atoms with Crippen molar-refractivity contribution in [3.63, 3.8) is 0 Å². The van der Waals surface area contributed by atoms with E-state index < -0.39 is 0 Å². The summed E-state index contributed by atoms with van der Waals surface area (Å²) < 4.78 is 5.56. The first-order valence-electron chi connectivity index (χ1n) is 5.50. The Bertz CT molecular complexity index is 231. The van der Waals surface area contributed by atoms with Gasteiger partial charge in [-0.15, -0.1) is 11.8 Å². The number of nitrogens with two attached hydrogens (primary N) is 1. The van der Waals surface area contributed by atoms with Gasteiger partial charge in [-0.1, -0.05) is 0 Å². The van der Waals surface area contributed by atoms with E-state index in [1.54, 1.807) is 11.8 Å². The molecular formula is C10H18N2O2S. The van der Waals surface area contributed by atoms with Crippen LogP contribution in [0.25, 0.3) is 0 Å². The summed E-state index contributed by atoms with van der Waals surface area (Å²) in [5, 5.41) is 0. The topological polar surface area (TPSA) is 55.6 Å². The molecule has 4 nitrogen and oxygen atoms in total. The van der Waals surface area contributed by atoms with Gasteiger partial charge in [0.25, 0.3) is 0 Å². The lowest BCUT2D eigenvalue weighted by Crippen LogP contribution is -2.52. The highest BCUT2D eigenvalue weighted by Crippen LogP contribution is 2.20. The van der Waals surface area contributed by atoms with E-state index in [0.29, 0.717) is 12.3 Å². The molecule has 2 aliphatic rings. The highest BCUT2D eigenvalue weighted by Gasteiger charge is 2.30. The molecule has 2 saturated heterocycles. The van der Waals surface area contributed by atoms with Crippen LogP contribution in [0.15, 0.2) is 0 Å². The molecule has 2 fully saturated rings. The molecule has 0 radical (unpaired) electrons. The molecule has 0 aliphatic carbocycles. The number of nitrogens with zero attached hydrogens (tertiary/aromatic N) is 1. The third-order valence-electron chi connectivity index (χ3n) is 2.99. The predicted octanol–water partition coefficient (Wildman–Crippen LogP) is 0.0681. The van der Waals surface area contributed by atoms with E-state index in [9.17, 15) is 4.79 Å². The molecule has 0 aromatic rings. The van der Waals surface area contributed by atoms with Gasteiger partial charge < -0.3 is 15.4 Å². The lowest BCUT2D eigenvalue weighted by molar-refractivity contribution is -0.132. The highest BCUT2D eigenvalue weighted by molar-refractivity contribution is 8.00. The smallest absolute Gasteiger partial charge is 0.232 e. The number of amides is 1. The fourth-order valence-electron chi connectivity index (χ4n) is 2.11. The maximum Gasteiger partial charge on any atom is 0.232 e. The average molecular weight is 230 g/mol. The van der Waals surface area contributed by atoms with Crippen molar-refractivity contribution >= 4 is 17.7 Å². The van der Waals surface area contributed by atoms with Crippen LogP contribution < -0.4 is 5.73 Å². The molecule has 2 rings (SSSR count). The summed E-state index contributed by atoms with van der Waals surface area (Å²) >= 11 is 1.69. The zero-order chi connectivity index (χ0) is 10.7. The second kappa shape index (κ2) is 5.18. The van der Waals surface area contributed by atoms with Gasteiger partial charge in [0.05, 0.1) is 17.9 Å². The van der Waals surface area contributed by atoms with Gasteiger partial charge in [0.1, 0.15) is 0 Å². The monoisotopic (exact) mass is 230 g/mol. The molecular weight excluding hydrogens is 212 g/mol. The summed E-state index contributed by atoms with van der Waals surface area (Å²) in [4.78, 5) is 13.7. The summed E-state index contributed by atoms with van der Waals surface area (Å²) in [6.07, 6.45) is 2.44. The van der Waals surface area contributed by atoms with Crippen molar-refractivity contribution in [2.45, 2.75) is 25.0 Å². The average Bonchev–Trinajstić information content (AvgIpc) is 2.74. The normalized spacial score (nSPS) is 32.3. The zero-order valence-corrected chi connectivity index (χ0v) is 9.67. The van der Waals surface area contributed by atoms with Crippen LogP contribution in [-0.2, 0) is 9.53 Å². The largest absolute Gasteiger partial charge is 0.376 e. The third kappa shape index (κ3) is 2.65. The van der Waals surface area contributed by atoms with Gasteiger partial charge in [-0.25, -0.2) is 0 Å². The van der Waals surface area contributed by atoms with E-state index in [4.69, 9.17) is 10.5 Å². The van der Waals surface area contributed by atoms with Gasteiger partial charge in [-0.2, -0.15) is 0 Å². The lowest BCUT2D eigenvalue weighted by atomic mass is 10.2. The van der Waals surface area contributed by atoms with Crippen molar-refractivity contribution < 1.29 is 9.53 Å². The number of hydrogen-bond acceptors (Lipinski definition) is 4. The van der Waals surface area contributed by atoms with Gasteiger partial charge >= 0.3 is 0 Å². The first-order valence-corrected chi connectivity index (χ1v) is 6.65. The quantitative estimate of drug-likeness (QED) is 0.745. The molecule has 0 aromatic heterocycles. The molecule has 2 heterocycles. The maximum atomic E-state index is 11.7. The number of carbonyl (C=O) groups excluding carboxylic acids is 1. The Balaban J connectivity index is 1.93. The Hall–Kier alpha value is -0.260. The van der Waals surface area contributed by atoms with E-state index >= 15 is 0 Å². The second-order valence-electron chi connectivity index (χ2n) is 4.09. The zero-order valence-electron chi connectivity index (χ0n) is 8.85. The van der Waals surface area contributed by atoms with Gasteiger partial charge in [-0.05, 0) is 12.8 Å². The van der Waals surface area contributed by atoms with Crippen LogP contribution in [0.2, 0.25) is 0 Å². The second-order valence-corrected chi connectivity index (χ2v) is 5.12. The van der Waals surface area contributed by atoms with Crippen LogP contribution in [0, 0.1) is 0 Å². The molecule has 1 amide bonds. The van der Waals surface area contributed by atoms with E-state index in [0.717, 1.165) is 31.7 Å². The van der Waals surface area contributed by atoms with E-state index in [-0.39, 0.29) is 18.1 Å². The minimum absolute atomic E-state index is 0.209. The van der Waals surface area contributed by atoms with Gasteiger partial charge in [-0.3, -0.25) is 4.79 Å². The van der Waals surface area contributed by atoms with E-state index in [2.05, 4.69) is 0 Å². The fraction of sp³-hybridized carbons (Fsp3) is 0.900. The van der Waals surface area contributed by atoms with Gasteiger partial charge in [0, 0.05) is 25.4 Å². The van der Waals surface area contributed by atoms with Crippen molar-refractivity contribution in [3.8, 4) is 0 Å². The van der Waals surface area contributed by atoms with Crippen LogP contribution in [-0.4, -0.2) is 54.2 Å². The maximum absolute atomic E-state index is 11.7. The molecule has 0 spiro atoms. The Morgan fingerprint density at radius 1 is 1.60 bits per heavy atom. The molecule has 86 valence electrons. The van der Waals surface area contributed by atoms with Crippen molar-refractivity contribution in [1.29, 1.82) is 0 Å². The summed E-state index contributed by atoms with van der Waals surface area (Å²) in [6, 6.07) is 0.209. The fourth-order valence-corrected chi connectivity index (χ4v) is 3.16.